The van der Waals surface area contributed by atoms with E-state index in [1.165, 1.54) is 12.4 Å². The predicted octanol–water partition coefficient (Wildman–Crippen LogP) is 1.02. The van der Waals surface area contributed by atoms with Crippen LogP contribution in [-0.2, 0) is 4.79 Å². The van der Waals surface area contributed by atoms with Crippen molar-refractivity contribution in [3.63, 3.8) is 0 Å². The molecule has 96 valence electrons. The molecule has 1 amide bonds. The van der Waals surface area contributed by atoms with Crippen LogP contribution >= 0.6 is 0 Å². The van der Waals surface area contributed by atoms with E-state index in [0.717, 1.165) is 0 Å². The molecule has 0 aromatic carbocycles. The maximum absolute atomic E-state index is 11.7. The van der Waals surface area contributed by atoms with Gasteiger partial charge in [0.1, 0.15) is 6.07 Å². The Morgan fingerprint density at radius 1 is 1.39 bits per heavy atom. The molecule has 18 heavy (non-hydrogen) atoms. The van der Waals surface area contributed by atoms with Gasteiger partial charge in [-0.05, 0) is 13.8 Å². The van der Waals surface area contributed by atoms with Gasteiger partial charge in [-0.1, -0.05) is 0 Å². The number of aromatic nitrogens is 2. The second kappa shape index (κ2) is 7.22. The Balaban J connectivity index is 2.47. The fraction of sp³-hybridized carbons (Fsp3) is 0.500. The Hall–Kier alpha value is -2.16. The van der Waals surface area contributed by atoms with Crippen LogP contribution in [0.3, 0.4) is 0 Å². The van der Waals surface area contributed by atoms with E-state index in [4.69, 9.17) is 5.26 Å². The first-order valence-corrected chi connectivity index (χ1v) is 5.95. The van der Waals surface area contributed by atoms with Gasteiger partial charge in [0.2, 0.25) is 5.91 Å². The van der Waals surface area contributed by atoms with Crippen LogP contribution in [0, 0.1) is 11.3 Å². The second-order valence-corrected chi connectivity index (χ2v) is 3.61. The van der Waals surface area contributed by atoms with Crippen molar-refractivity contribution in [2.75, 3.05) is 25.0 Å². The van der Waals surface area contributed by atoms with Crippen molar-refractivity contribution in [1.82, 2.24) is 14.9 Å². The fourth-order valence-corrected chi connectivity index (χ4v) is 1.57. The van der Waals surface area contributed by atoms with E-state index in [1.807, 2.05) is 19.9 Å². The zero-order chi connectivity index (χ0) is 13.4. The standard InChI is InChI=1S/C12H17N5O/c1-3-17(4-2)11(18)5-6-15-12-10(9-13)14-7-8-16-12/h7-8H,3-6H2,1-2H3,(H,15,16). The van der Waals surface area contributed by atoms with Crippen molar-refractivity contribution in [3.8, 4) is 6.07 Å². The molecule has 0 fully saturated rings. The summed E-state index contributed by atoms with van der Waals surface area (Å²) >= 11 is 0. The Kier molecular flexibility index (Phi) is 5.58. The third-order valence-corrected chi connectivity index (χ3v) is 2.55. The van der Waals surface area contributed by atoms with Crippen LogP contribution < -0.4 is 5.32 Å². The smallest absolute Gasteiger partial charge is 0.224 e. The summed E-state index contributed by atoms with van der Waals surface area (Å²) in [5.41, 5.74) is 0.243. The van der Waals surface area contributed by atoms with Gasteiger partial charge in [0, 0.05) is 38.4 Å². The van der Waals surface area contributed by atoms with Crippen LogP contribution in [0.2, 0.25) is 0 Å². The van der Waals surface area contributed by atoms with Gasteiger partial charge in [-0.15, -0.1) is 0 Å². The minimum absolute atomic E-state index is 0.0925. The molecule has 0 saturated heterocycles. The lowest BCUT2D eigenvalue weighted by Gasteiger charge is -2.18. The molecule has 1 aromatic rings. The zero-order valence-electron chi connectivity index (χ0n) is 10.7. The Labute approximate surface area is 107 Å². The average molecular weight is 247 g/mol. The molecule has 0 spiro atoms. The number of carbonyl (C=O) groups is 1. The number of anilines is 1. The van der Waals surface area contributed by atoms with Gasteiger partial charge in [-0.3, -0.25) is 4.79 Å². The van der Waals surface area contributed by atoms with Crippen LogP contribution in [0.4, 0.5) is 5.82 Å². The van der Waals surface area contributed by atoms with E-state index in [1.54, 1.807) is 4.90 Å². The number of nitriles is 1. The molecule has 0 saturated carbocycles. The maximum Gasteiger partial charge on any atom is 0.224 e. The second-order valence-electron chi connectivity index (χ2n) is 3.61. The van der Waals surface area contributed by atoms with Crippen LogP contribution in [0.5, 0.6) is 0 Å². The van der Waals surface area contributed by atoms with Crippen molar-refractivity contribution in [1.29, 1.82) is 5.26 Å². The molecule has 6 nitrogen and oxygen atoms in total. The summed E-state index contributed by atoms with van der Waals surface area (Å²) in [7, 11) is 0. The number of hydrogen-bond donors (Lipinski definition) is 1. The molecular weight excluding hydrogens is 230 g/mol. The van der Waals surface area contributed by atoms with Crippen LogP contribution in [0.1, 0.15) is 26.0 Å². The molecule has 6 heteroatoms. The SMILES string of the molecule is CCN(CC)C(=O)CCNc1nccnc1C#N. The Morgan fingerprint density at radius 2 is 2.06 bits per heavy atom. The summed E-state index contributed by atoms with van der Waals surface area (Å²) < 4.78 is 0. The summed E-state index contributed by atoms with van der Waals surface area (Å²) in [4.78, 5) is 21.4. The highest BCUT2D eigenvalue weighted by Gasteiger charge is 2.09. The zero-order valence-corrected chi connectivity index (χ0v) is 10.7. The highest BCUT2D eigenvalue weighted by Crippen LogP contribution is 2.06. The van der Waals surface area contributed by atoms with E-state index >= 15 is 0 Å². The fourth-order valence-electron chi connectivity index (χ4n) is 1.57. The number of nitrogens with one attached hydrogen (secondary N) is 1. The third kappa shape index (κ3) is 3.70. The van der Waals surface area contributed by atoms with E-state index < -0.39 is 0 Å². The normalized spacial score (nSPS) is 9.61. The van der Waals surface area contributed by atoms with E-state index in [-0.39, 0.29) is 11.6 Å². The van der Waals surface area contributed by atoms with Crippen molar-refractivity contribution < 1.29 is 4.79 Å². The first kappa shape index (κ1) is 13.9. The quantitative estimate of drug-likeness (QED) is 0.811. The monoisotopic (exact) mass is 247 g/mol. The average Bonchev–Trinajstić information content (AvgIpc) is 2.40. The topological polar surface area (TPSA) is 81.9 Å². The molecule has 1 rings (SSSR count). The Morgan fingerprint density at radius 3 is 2.67 bits per heavy atom. The van der Waals surface area contributed by atoms with Crippen LogP contribution in [0.15, 0.2) is 12.4 Å². The van der Waals surface area contributed by atoms with E-state index in [0.29, 0.717) is 31.9 Å². The minimum Gasteiger partial charge on any atom is -0.367 e. The number of carbonyl (C=O) groups excluding carboxylic acids is 1. The van der Waals surface area contributed by atoms with Gasteiger partial charge in [0.05, 0.1) is 0 Å². The molecule has 0 atom stereocenters. The Bertz CT molecular complexity index is 436. The lowest BCUT2D eigenvalue weighted by atomic mass is 10.3. The molecule has 0 aliphatic rings. The lowest BCUT2D eigenvalue weighted by Crippen LogP contribution is -2.31. The van der Waals surface area contributed by atoms with Gasteiger partial charge >= 0.3 is 0 Å². The summed E-state index contributed by atoms with van der Waals surface area (Å²) in [6, 6.07) is 1.95. The highest BCUT2D eigenvalue weighted by molar-refractivity contribution is 5.76. The van der Waals surface area contributed by atoms with Crippen molar-refractivity contribution in [2.24, 2.45) is 0 Å². The van der Waals surface area contributed by atoms with Crippen molar-refractivity contribution in [2.45, 2.75) is 20.3 Å². The van der Waals surface area contributed by atoms with Gasteiger partial charge in [0.15, 0.2) is 11.5 Å². The summed E-state index contributed by atoms with van der Waals surface area (Å²) in [5, 5.41) is 11.8. The highest BCUT2D eigenvalue weighted by atomic mass is 16.2. The molecule has 1 heterocycles. The van der Waals surface area contributed by atoms with Crippen LogP contribution in [-0.4, -0.2) is 40.4 Å². The van der Waals surface area contributed by atoms with Crippen molar-refractivity contribution in [3.05, 3.63) is 18.1 Å². The summed E-state index contributed by atoms with van der Waals surface area (Å²) in [6.45, 7) is 5.77. The first-order valence-electron chi connectivity index (χ1n) is 5.95. The maximum atomic E-state index is 11.7. The predicted molar refractivity (Wildman–Crippen MR) is 67.8 cm³/mol. The molecule has 0 bridgehead atoms. The number of nitrogens with zero attached hydrogens (tertiary/aromatic N) is 4. The van der Waals surface area contributed by atoms with E-state index in [9.17, 15) is 4.79 Å². The molecule has 1 aromatic heterocycles. The van der Waals surface area contributed by atoms with Gasteiger partial charge in [-0.25, -0.2) is 9.97 Å². The van der Waals surface area contributed by atoms with Gasteiger partial charge in [0.25, 0.3) is 0 Å². The van der Waals surface area contributed by atoms with Crippen LogP contribution in [0.25, 0.3) is 0 Å². The summed E-state index contributed by atoms with van der Waals surface area (Å²) in [5.74, 6) is 0.516. The van der Waals surface area contributed by atoms with E-state index in [2.05, 4.69) is 15.3 Å². The number of hydrogen-bond acceptors (Lipinski definition) is 5. The molecule has 0 aliphatic heterocycles. The third-order valence-electron chi connectivity index (χ3n) is 2.55. The number of rotatable bonds is 6. The molecule has 1 N–H and O–H groups in total. The van der Waals surface area contributed by atoms with Crippen molar-refractivity contribution >= 4 is 11.7 Å². The molecular formula is C12H17N5O. The summed E-state index contributed by atoms with van der Waals surface area (Å²) in [6.07, 6.45) is 3.35. The minimum atomic E-state index is 0.0925. The molecule has 0 aliphatic carbocycles. The molecule has 0 unspecified atom stereocenters. The first-order chi connectivity index (χ1) is 8.72. The largest absolute Gasteiger partial charge is 0.367 e. The molecule has 0 radical (unpaired) electrons. The van der Waals surface area contributed by atoms with Gasteiger partial charge in [-0.2, -0.15) is 5.26 Å². The van der Waals surface area contributed by atoms with Gasteiger partial charge < -0.3 is 10.2 Å². The lowest BCUT2D eigenvalue weighted by molar-refractivity contribution is -0.130. The number of amides is 1.